The lowest BCUT2D eigenvalue weighted by Crippen LogP contribution is -2.18. The number of rotatable bonds is 1. The summed E-state index contributed by atoms with van der Waals surface area (Å²) in [5.74, 6) is 1.81. The molecule has 0 saturated heterocycles. The highest BCUT2D eigenvalue weighted by Crippen LogP contribution is 2.34. The fourth-order valence-corrected chi connectivity index (χ4v) is 3.65. The molecule has 2 aliphatic rings. The molecule has 1 unspecified atom stereocenters. The van der Waals surface area contributed by atoms with Gasteiger partial charge in [-0.05, 0) is 55.2 Å². The van der Waals surface area contributed by atoms with E-state index in [1.54, 1.807) is 5.56 Å². The van der Waals surface area contributed by atoms with E-state index < -0.39 is 0 Å². The molecule has 0 saturated carbocycles. The first kappa shape index (κ1) is 11.9. The average Bonchev–Trinajstić information content (AvgIpc) is 2.86. The van der Waals surface area contributed by atoms with Gasteiger partial charge in [-0.15, -0.1) is 5.10 Å². The summed E-state index contributed by atoms with van der Waals surface area (Å²) < 4.78 is 1.99. The predicted octanol–water partition coefficient (Wildman–Crippen LogP) is 2.66. The predicted molar refractivity (Wildman–Crippen MR) is 78.6 cm³/mol. The van der Waals surface area contributed by atoms with E-state index in [9.17, 15) is 0 Å². The van der Waals surface area contributed by atoms with Crippen molar-refractivity contribution >= 4 is 5.95 Å². The molecule has 4 nitrogen and oxygen atoms in total. The van der Waals surface area contributed by atoms with Crippen molar-refractivity contribution < 1.29 is 0 Å². The fraction of sp³-hybridized carbons (Fsp3) is 0.500. The summed E-state index contributed by atoms with van der Waals surface area (Å²) in [6.45, 7) is 0.945. The number of benzene rings is 1. The van der Waals surface area contributed by atoms with E-state index in [-0.39, 0.29) is 0 Å². The van der Waals surface area contributed by atoms with Crippen LogP contribution in [0.15, 0.2) is 18.2 Å². The van der Waals surface area contributed by atoms with E-state index in [4.69, 9.17) is 5.73 Å². The summed E-state index contributed by atoms with van der Waals surface area (Å²) in [7, 11) is 0. The summed E-state index contributed by atoms with van der Waals surface area (Å²) in [4.78, 5) is 4.45. The fourth-order valence-electron chi connectivity index (χ4n) is 3.65. The Kier molecular flexibility index (Phi) is 2.76. The standard InChI is InChI=1S/C16H20N4/c17-16-18-15-14(6-3-9-20(15)19-16)13-8-7-11-4-1-2-5-12(11)10-13/h7-8,10,14H,1-6,9H2,(H2,17,19). The number of fused-ring (bicyclic) bond motifs is 2. The van der Waals surface area contributed by atoms with Gasteiger partial charge in [0.15, 0.2) is 0 Å². The van der Waals surface area contributed by atoms with Crippen LogP contribution in [-0.2, 0) is 19.4 Å². The molecule has 4 heteroatoms. The van der Waals surface area contributed by atoms with Crippen LogP contribution in [0.5, 0.6) is 0 Å². The second-order valence-corrected chi connectivity index (χ2v) is 5.98. The molecule has 0 fully saturated rings. The normalized spacial score (nSPS) is 21.3. The minimum Gasteiger partial charge on any atom is -0.366 e. The van der Waals surface area contributed by atoms with Gasteiger partial charge in [-0.25, -0.2) is 4.68 Å². The molecule has 1 aromatic carbocycles. The quantitative estimate of drug-likeness (QED) is 0.865. The molecule has 4 rings (SSSR count). The molecule has 0 radical (unpaired) electrons. The molecule has 1 aliphatic heterocycles. The minimum atomic E-state index is 0.362. The second-order valence-electron chi connectivity index (χ2n) is 5.98. The molecule has 1 aliphatic carbocycles. The Labute approximate surface area is 119 Å². The average molecular weight is 268 g/mol. The maximum Gasteiger partial charge on any atom is 0.239 e. The monoisotopic (exact) mass is 268 g/mol. The largest absolute Gasteiger partial charge is 0.366 e. The van der Waals surface area contributed by atoms with E-state index in [0.29, 0.717) is 11.9 Å². The van der Waals surface area contributed by atoms with E-state index >= 15 is 0 Å². The van der Waals surface area contributed by atoms with Gasteiger partial charge in [0.25, 0.3) is 0 Å². The van der Waals surface area contributed by atoms with Crippen LogP contribution in [0.3, 0.4) is 0 Å². The summed E-state index contributed by atoms with van der Waals surface area (Å²) in [5, 5.41) is 4.30. The molecule has 2 aromatic rings. The number of hydrogen-bond acceptors (Lipinski definition) is 3. The lowest BCUT2D eigenvalue weighted by molar-refractivity contribution is 0.446. The van der Waals surface area contributed by atoms with Crippen LogP contribution in [0.25, 0.3) is 0 Å². The Morgan fingerprint density at radius 2 is 1.95 bits per heavy atom. The van der Waals surface area contributed by atoms with Crippen molar-refractivity contribution in [1.29, 1.82) is 0 Å². The number of nitrogens with two attached hydrogens (primary N) is 1. The molecular formula is C16H20N4. The molecule has 1 atom stereocenters. The highest BCUT2D eigenvalue weighted by atomic mass is 15.4. The van der Waals surface area contributed by atoms with E-state index in [2.05, 4.69) is 28.3 Å². The Morgan fingerprint density at radius 3 is 2.85 bits per heavy atom. The van der Waals surface area contributed by atoms with Crippen molar-refractivity contribution in [3.8, 4) is 0 Å². The second kappa shape index (κ2) is 4.62. The van der Waals surface area contributed by atoms with Gasteiger partial charge >= 0.3 is 0 Å². The van der Waals surface area contributed by atoms with Gasteiger partial charge in [0, 0.05) is 12.5 Å². The van der Waals surface area contributed by atoms with Gasteiger partial charge in [-0.3, -0.25) is 0 Å². The van der Waals surface area contributed by atoms with Gasteiger partial charge in [-0.2, -0.15) is 4.98 Å². The summed E-state index contributed by atoms with van der Waals surface area (Å²) in [6, 6.07) is 7.01. The third kappa shape index (κ3) is 1.90. The Hall–Kier alpha value is -1.84. The van der Waals surface area contributed by atoms with Gasteiger partial charge in [-0.1, -0.05) is 18.2 Å². The highest BCUT2D eigenvalue weighted by Gasteiger charge is 2.26. The van der Waals surface area contributed by atoms with Crippen molar-refractivity contribution in [1.82, 2.24) is 14.8 Å². The molecule has 2 heterocycles. The van der Waals surface area contributed by atoms with E-state index in [1.807, 2.05) is 4.68 Å². The van der Waals surface area contributed by atoms with E-state index in [1.165, 1.54) is 36.8 Å². The Morgan fingerprint density at radius 1 is 1.10 bits per heavy atom. The number of aromatic nitrogens is 3. The van der Waals surface area contributed by atoms with Crippen LogP contribution in [0.4, 0.5) is 5.95 Å². The van der Waals surface area contributed by atoms with Crippen LogP contribution in [0.2, 0.25) is 0 Å². The van der Waals surface area contributed by atoms with Crippen molar-refractivity contribution in [2.45, 2.75) is 51.0 Å². The summed E-state index contributed by atoms with van der Waals surface area (Å²) in [6.07, 6.45) is 7.42. The van der Waals surface area contributed by atoms with Crippen molar-refractivity contribution in [2.75, 3.05) is 5.73 Å². The zero-order valence-corrected chi connectivity index (χ0v) is 11.7. The summed E-state index contributed by atoms with van der Waals surface area (Å²) >= 11 is 0. The van der Waals surface area contributed by atoms with Gasteiger partial charge in [0.2, 0.25) is 5.95 Å². The SMILES string of the molecule is Nc1nc2n(n1)CCCC2c1ccc2c(c1)CCCC2. The molecule has 0 spiro atoms. The van der Waals surface area contributed by atoms with Crippen LogP contribution < -0.4 is 5.73 Å². The lowest BCUT2D eigenvalue weighted by atomic mass is 9.85. The molecule has 104 valence electrons. The number of nitrogens with zero attached hydrogens (tertiary/aromatic N) is 3. The maximum absolute atomic E-state index is 5.77. The number of aryl methyl sites for hydroxylation is 3. The summed E-state index contributed by atoms with van der Waals surface area (Å²) in [5.41, 5.74) is 10.2. The lowest BCUT2D eigenvalue weighted by Gasteiger charge is -2.24. The number of anilines is 1. The first-order valence-corrected chi connectivity index (χ1v) is 7.63. The van der Waals surface area contributed by atoms with Gasteiger partial charge < -0.3 is 5.73 Å². The van der Waals surface area contributed by atoms with Crippen molar-refractivity contribution in [2.24, 2.45) is 0 Å². The molecule has 0 bridgehead atoms. The topological polar surface area (TPSA) is 56.7 Å². The first-order chi connectivity index (χ1) is 9.81. The zero-order chi connectivity index (χ0) is 13.5. The Balaban J connectivity index is 1.74. The number of nitrogen functional groups attached to an aromatic ring is 1. The molecular weight excluding hydrogens is 248 g/mol. The smallest absolute Gasteiger partial charge is 0.239 e. The highest BCUT2D eigenvalue weighted by molar-refractivity contribution is 5.38. The van der Waals surface area contributed by atoms with Crippen LogP contribution in [0.1, 0.15) is 54.1 Å². The molecule has 0 amide bonds. The van der Waals surface area contributed by atoms with Crippen LogP contribution >= 0.6 is 0 Å². The van der Waals surface area contributed by atoms with Crippen LogP contribution in [0, 0.1) is 0 Å². The Bertz CT molecular complexity index is 644. The first-order valence-electron chi connectivity index (χ1n) is 7.63. The third-order valence-electron chi connectivity index (χ3n) is 4.67. The van der Waals surface area contributed by atoms with E-state index in [0.717, 1.165) is 25.2 Å². The number of hydrogen-bond donors (Lipinski definition) is 1. The maximum atomic E-state index is 5.77. The zero-order valence-electron chi connectivity index (χ0n) is 11.7. The van der Waals surface area contributed by atoms with Gasteiger partial charge in [0.05, 0.1) is 0 Å². The third-order valence-corrected chi connectivity index (χ3v) is 4.67. The molecule has 2 N–H and O–H groups in total. The van der Waals surface area contributed by atoms with Crippen molar-refractivity contribution in [3.63, 3.8) is 0 Å². The van der Waals surface area contributed by atoms with Crippen molar-refractivity contribution in [3.05, 3.63) is 40.7 Å². The molecule has 20 heavy (non-hydrogen) atoms. The minimum absolute atomic E-state index is 0.362. The van der Waals surface area contributed by atoms with Crippen LogP contribution in [-0.4, -0.2) is 14.8 Å². The van der Waals surface area contributed by atoms with Gasteiger partial charge in [0.1, 0.15) is 5.82 Å². The molecule has 1 aromatic heterocycles.